The van der Waals surface area contributed by atoms with E-state index in [1.54, 1.807) is 28.1 Å². The molecule has 2 N–H and O–H groups in total. The summed E-state index contributed by atoms with van der Waals surface area (Å²) in [7, 11) is 0. The van der Waals surface area contributed by atoms with Crippen LogP contribution >= 0.6 is 11.3 Å². The van der Waals surface area contributed by atoms with Crippen molar-refractivity contribution in [2.75, 3.05) is 5.32 Å². The first-order valence-corrected chi connectivity index (χ1v) is 9.34. The highest BCUT2D eigenvalue weighted by Crippen LogP contribution is 2.27. The number of fused-ring (bicyclic) bond motifs is 1. The summed E-state index contributed by atoms with van der Waals surface area (Å²) < 4.78 is 1.57. The maximum atomic E-state index is 13.0. The molecule has 0 aliphatic heterocycles. The predicted octanol–water partition coefficient (Wildman–Crippen LogP) is 3.77. The molecule has 0 aliphatic rings. The second kappa shape index (κ2) is 7.29. The Hall–Kier alpha value is -2.67. The Morgan fingerprint density at radius 1 is 1.35 bits per heavy atom. The van der Waals surface area contributed by atoms with Gasteiger partial charge in [-0.15, -0.1) is 11.3 Å². The quantitative estimate of drug-likeness (QED) is 0.715. The van der Waals surface area contributed by atoms with Gasteiger partial charge >= 0.3 is 0 Å². The zero-order chi connectivity index (χ0) is 18.8. The highest BCUT2D eigenvalue weighted by atomic mass is 32.1. The molecule has 3 rings (SSSR count). The Morgan fingerprint density at radius 3 is 2.73 bits per heavy atom. The number of para-hydroxylation sites is 1. The van der Waals surface area contributed by atoms with Crippen molar-refractivity contribution < 1.29 is 9.90 Å². The highest BCUT2D eigenvalue weighted by Gasteiger charge is 2.23. The van der Waals surface area contributed by atoms with Gasteiger partial charge < -0.3 is 9.67 Å². The SMILES string of the molecule is Cc1csc(NC(=O)c2c(O)c3ccccc3n(CCC(C)C)c2=O)n1. The predicted molar refractivity (Wildman–Crippen MR) is 104 cm³/mol. The van der Waals surface area contributed by atoms with E-state index >= 15 is 0 Å². The van der Waals surface area contributed by atoms with E-state index in [0.29, 0.717) is 28.5 Å². The summed E-state index contributed by atoms with van der Waals surface area (Å²) in [6.45, 7) is 6.45. The number of nitrogens with zero attached hydrogens (tertiary/aromatic N) is 2. The molecule has 3 aromatic rings. The molecule has 0 spiro atoms. The van der Waals surface area contributed by atoms with Crippen molar-refractivity contribution >= 4 is 33.3 Å². The van der Waals surface area contributed by atoms with Crippen LogP contribution in [0.3, 0.4) is 0 Å². The molecule has 136 valence electrons. The van der Waals surface area contributed by atoms with E-state index in [1.165, 1.54) is 11.3 Å². The summed E-state index contributed by atoms with van der Waals surface area (Å²) >= 11 is 1.27. The number of nitrogens with one attached hydrogen (secondary N) is 1. The topological polar surface area (TPSA) is 84.2 Å². The van der Waals surface area contributed by atoms with Gasteiger partial charge in [0, 0.05) is 17.3 Å². The number of rotatable bonds is 5. The minimum Gasteiger partial charge on any atom is -0.506 e. The second-order valence-electron chi connectivity index (χ2n) is 6.63. The number of thiazole rings is 1. The van der Waals surface area contributed by atoms with Gasteiger partial charge in [-0.25, -0.2) is 4.98 Å². The monoisotopic (exact) mass is 371 g/mol. The lowest BCUT2D eigenvalue weighted by molar-refractivity contribution is 0.102. The van der Waals surface area contributed by atoms with Gasteiger partial charge in [0.1, 0.15) is 11.3 Å². The third-order valence-electron chi connectivity index (χ3n) is 4.14. The number of aromatic hydroxyl groups is 1. The number of aryl methyl sites for hydroxylation is 2. The lowest BCUT2D eigenvalue weighted by Gasteiger charge is -2.15. The van der Waals surface area contributed by atoms with E-state index in [0.717, 1.165) is 12.1 Å². The molecule has 26 heavy (non-hydrogen) atoms. The molecule has 0 saturated carbocycles. The van der Waals surface area contributed by atoms with Crippen LogP contribution in [0.25, 0.3) is 10.9 Å². The van der Waals surface area contributed by atoms with Gasteiger partial charge in [-0.05, 0) is 31.4 Å². The molecule has 7 heteroatoms. The fourth-order valence-corrected chi connectivity index (χ4v) is 3.46. The number of hydrogen-bond acceptors (Lipinski definition) is 5. The van der Waals surface area contributed by atoms with Crippen LogP contribution in [0.15, 0.2) is 34.4 Å². The standard InChI is InChI=1S/C19H21N3O3S/c1-11(2)8-9-22-14-7-5-4-6-13(14)16(23)15(18(22)25)17(24)21-19-20-12(3)10-26-19/h4-7,10-11,23H,8-9H2,1-3H3,(H,20,21,24). The van der Waals surface area contributed by atoms with E-state index in [2.05, 4.69) is 24.1 Å². The number of pyridine rings is 1. The molecule has 1 amide bonds. The fourth-order valence-electron chi connectivity index (χ4n) is 2.77. The molecular formula is C19H21N3O3S. The van der Waals surface area contributed by atoms with Crippen LogP contribution in [0.2, 0.25) is 0 Å². The Bertz CT molecular complexity index is 1020. The van der Waals surface area contributed by atoms with Gasteiger partial charge in [0.15, 0.2) is 5.13 Å². The third-order valence-corrected chi connectivity index (χ3v) is 5.02. The van der Waals surface area contributed by atoms with Gasteiger partial charge in [-0.2, -0.15) is 0 Å². The van der Waals surface area contributed by atoms with E-state index in [4.69, 9.17) is 0 Å². The zero-order valence-electron chi connectivity index (χ0n) is 14.9. The number of benzene rings is 1. The van der Waals surface area contributed by atoms with Crippen LogP contribution in [0.1, 0.15) is 36.3 Å². The summed E-state index contributed by atoms with van der Waals surface area (Å²) in [5.41, 5.74) is 0.660. The van der Waals surface area contributed by atoms with Crippen molar-refractivity contribution in [2.45, 2.75) is 33.7 Å². The van der Waals surface area contributed by atoms with E-state index in [1.807, 2.05) is 13.0 Å². The van der Waals surface area contributed by atoms with E-state index in [9.17, 15) is 14.7 Å². The fraction of sp³-hybridized carbons (Fsp3) is 0.316. The smallest absolute Gasteiger partial charge is 0.267 e. The van der Waals surface area contributed by atoms with Crippen molar-refractivity contribution in [3.05, 3.63) is 51.3 Å². The lowest BCUT2D eigenvalue weighted by Crippen LogP contribution is -2.30. The number of hydrogen-bond donors (Lipinski definition) is 2. The Morgan fingerprint density at radius 2 is 2.08 bits per heavy atom. The van der Waals surface area contributed by atoms with Crippen LogP contribution in [0.5, 0.6) is 5.75 Å². The minimum atomic E-state index is -0.647. The van der Waals surface area contributed by atoms with Crippen LogP contribution in [0.4, 0.5) is 5.13 Å². The van der Waals surface area contributed by atoms with Gasteiger partial charge in [0.2, 0.25) is 0 Å². The minimum absolute atomic E-state index is 0.250. The third kappa shape index (κ3) is 3.48. The number of aromatic nitrogens is 2. The molecule has 0 unspecified atom stereocenters. The molecule has 0 fully saturated rings. The highest BCUT2D eigenvalue weighted by molar-refractivity contribution is 7.13. The van der Waals surface area contributed by atoms with Gasteiger partial charge in [-0.3, -0.25) is 14.9 Å². The summed E-state index contributed by atoms with van der Waals surface area (Å²) in [6.07, 6.45) is 0.793. The van der Waals surface area contributed by atoms with E-state index < -0.39 is 11.5 Å². The van der Waals surface area contributed by atoms with Crippen LogP contribution < -0.4 is 10.9 Å². The molecule has 6 nitrogen and oxygen atoms in total. The first-order valence-electron chi connectivity index (χ1n) is 8.46. The maximum absolute atomic E-state index is 13.0. The molecule has 0 radical (unpaired) electrons. The molecule has 0 aliphatic carbocycles. The van der Waals surface area contributed by atoms with Crippen LogP contribution in [-0.4, -0.2) is 20.6 Å². The van der Waals surface area contributed by atoms with Crippen molar-refractivity contribution in [2.24, 2.45) is 5.92 Å². The first-order chi connectivity index (χ1) is 12.4. The molecule has 2 aromatic heterocycles. The molecule has 0 saturated heterocycles. The van der Waals surface area contributed by atoms with Crippen molar-refractivity contribution in [3.63, 3.8) is 0 Å². The Balaban J connectivity index is 2.12. The normalized spacial score (nSPS) is 11.2. The summed E-state index contributed by atoms with van der Waals surface area (Å²) in [5, 5.41) is 15.9. The molecule has 0 atom stereocenters. The number of amides is 1. The average Bonchev–Trinajstić information content (AvgIpc) is 2.99. The molecule has 2 heterocycles. The summed E-state index contributed by atoms with van der Waals surface area (Å²) in [5.74, 6) is -0.534. The van der Waals surface area contributed by atoms with Crippen molar-refractivity contribution in [1.29, 1.82) is 0 Å². The lowest BCUT2D eigenvalue weighted by atomic mass is 10.1. The van der Waals surface area contributed by atoms with Gasteiger partial charge in [0.05, 0.1) is 11.2 Å². The number of carbonyl (C=O) groups excluding carboxylic acids is 1. The molecule has 1 aromatic carbocycles. The second-order valence-corrected chi connectivity index (χ2v) is 7.49. The van der Waals surface area contributed by atoms with Crippen molar-refractivity contribution in [1.82, 2.24) is 9.55 Å². The van der Waals surface area contributed by atoms with Gasteiger partial charge in [0.25, 0.3) is 11.5 Å². The molecular weight excluding hydrogens is 350 g/mol. The van der Waals surface area contributed by atoms with Gasteiger partial charge in [-0.1, -0.05) is 26.0 Å². The van der Waals surface area contributed by atoms with Crippen molar-refractivity contribution in [3.8, 4) is 5.75 Å². The first kappa shape index (κ1) is 18.1. The number of anilines is 1. The average molecular weight is 371 g/mol. The molecule has 0 bridgehead atoms. The summed E-state index contributed by atoms with van der Waals surface area (Å²) in [4.78, 5) is 29.8. The Kier molecular flexibility index (Phi) is 5.08. The maximum Gasteiger partial charge on any atom is 0.267 e. The van der Waals surface area contributed by atoms with Crippen LogP contribution in [0, 0.1) is 12.8 Å². The largest absolute Gasteiger partial charge is 0.506 e. The Labute approximate surface area is 155 Å². The zero-order valence-corrected chi connectivity index (χ0v) is 15.8. The van der Waals surface area contributed by atoms with Crippen LogP contribution in [-0.2, 0) is 6.54 Å². The van der Waals surface area contributed by atoms with E-state index in [-0.39, 0.29) is 11.3 Å². The summed E-state index contributed by atoms with van der Waals surface area (Å²) in [6, 6.07) is 7.07. The number of carbonyl (C=O) groups is 1.